The Morgan fingerprint density at radius 3 is 2.39 bits per heavy atom. The van der Waals surface area contributed by atoms with E-state index in [1.54, 1.807) is 0 Å². The third-order valence-electron chi connectivity index (χ3n) is 4.96. The van der Waals surface area contributed by atoms with Gasteiger partial charge in [0.25, 0.3) is 0 Å². The van der Waals surface area contributed by atoms with Gasteiger partial charge in [-0.3, -0.25) is 0 Å². The van der Waals surface area contributed by atoms with Crippen molar-refractivity contribution in [3.63, 3.8) is 0 Å². The highest BCUT2D eigenvalue weighted by atomic mass is 35.5. The fourth-order valence-corrected chi connectivity index (χ4v) is 4.42. The van der Waals surface area contributed by atoms with Crippen LogP contribution in [0.1, 0.15) is 37.2 Å². The topological polar surface area (TPSA) is 27.6 Å². The van der Waals surface area contributed by atoms with Gasteiger partial charge in [0.05, 0.1) is 6.54 Å². The molecule has 1 aromatic carbocycles. The van der Waals surface area contributed by atoms with Crippen LogP contribution in [0.25, 0.3) is 0 Å². The van der Waals surface area contributed by atoms with Gasteiger partial charge in [-0.2, -0.15) is 0 Å². The van der Waals surface area contributed by atoms with E-state index in [0.717, 1.165) is 35.2 Å². The number of fused-ring (bicyclic) bond motifs is 3. The zero-order valence-corrected chi connectivity index (χ0v) is 12.1. The van der Waals surface area contributed by atoms with E-state index in [9.17, 15) is 0 Å². The maximum absolute atomic E-state index is 6.14. The van der Waals surface area contributed by atoms with Crippen molar-refractivity contribution in [1.82, 2.24) is 0 Å². The van der Waals surface area contributed by atoms with Gasteiger partial charge in [-0.25, -0.2) is 0 Å². The van der Waals surface area contributed by atoms with Crippen molar-refractivity contribution in [1.29, 1.82) is 0 Å². The van der Waals surface area contributed by atoms with E-state index in [-0.39, 0.29) is 12.4 Å². The Morgan fingerprint density at radius 1 is 1.11 bits per heavy atom. The van der Waals surface area contributed by atoms with Crippen LogP contribution in [0.3, 0.4) is 0 Å². The summed E-state index contributed by atoms with van der Waals surface area (Å²) in [6.07, 6.45) is 5.69. The summed E-state index contributed by atoms with van der Waals surface area (Å²) in [6.45, 7) is 1.08. The normalized spacial score (nSPS) is 34.1. The Kier molecular flexibility index (Phi) is 4.58. The first-order chi connectivity index (χ1) is 8.29. The van der Waals surface area contributed by atoms with Crippen molar-refractivity contribution in [2.45, 2.75) is 31.6 Å². The van der Waals surface area contributed by atoms with Crippen LogP contribution in [0.2, 0.25) is 5.02 Å². The van der Waals surface area contributed by atoms with Gasteiger partial charge in [0.15, 0.2) is 0 Å². The van der Waals surface area contributed by atoms with E-state index in [1.165, 1.54) is 31.2 Å². The zero-order chi connectivity index (χ0) is 11.8. The van der Waals surface area contributed by atoms with E-state index in [0.29, 0.717) is 0 Å². The van der Waals surface area contributed by atoms with E-state index >= 15 is 0 Å². The summed E-state index contributed by atoms with van der Waals surface area (Å²) in [4.78, 5) is 0. The van der Waals surface area contributed by atoms with Crippen molar-refractivity contribution in [2.24, 2.45) is 17.8 Å². The molecule has 3 heteroatoms. The number of rotatable bonds is 2. The Balaban J connectivity index is 0.00000120. The Labute approximate surface area is 121 Å². The second-order valence-electron chi connectivity index (χ2n) is 5.71. The predicted octanol–water partition coefficient (Wildman–Crippen LogP) is 0.106. The molecular formula is C15H21Cl2N. The van der Waals surface area contributed by atoms with Gasteiger partial charge in [-0.15, -0.1) is 0 Å². The van der Waals surface area contributed by atoms with Crippen molar-refractivity contribution in [2.75, 3.05) is 6.54 Å². The molecule has 0 radical (unpaired) electrons. The number of benzene rings is 1. The molecule has 0 heterocycles. The molecule has 2 atom stereocenters. The predicted molar refractivity (Wildman–Crippen MR) is 70.9 cm³/mol. The Morgan fingerprint density at radius 2 is 1.78 bits per heavy atom. The highest BCUT2D eigenvalue weighted by Crippen LogP contribution is 2.52. The lowest BCUT2D eigenvalue weighted by atomic mass is 9.57. The first kappa shape index (κ1) is 14.2. The van der Waals surface area contributed by atoms with Crippen LogP contribution < -0.4 is 18.1 Å². The number of quaternary nitrogens is 1. The highest BCUT2D eigenvalue weighted by molar-refractivity contribution is 6.30. The number of hydrogen-bond acceptors (Lipinski definition) is 0. The van der Waals surface area contributed by atoms with Crippen molar-refractivity contribution < 1.29 is 18.1 Å². The van der Waals surface area contributed by atoms with Gasteiger partial charge in [-0.05, 0) is 61.1 Å². The molecule has 1 nitrogen and oxygen atoms in total. The quantitative estimate of drug-likeness (QED) is 0.799. The minimum atomic E-state index is 0. The first-order valence-electron chi connectivity index (χ1n) is 6.84. The molecule has 3 fully saturated rings. The van der Waals surface area contributed by atoms with E-state index in [1.807, 2.05) is 6.07 Å². The van der Waals surface area contributed by atoms with Gasteiger partial charge in [0, 0.05) is 10.9 Å². The van der Waals surface area contributed by atoms with Crippen LogP contribution in [-0.2, 0) is 0 Å². The van der Waals surface area contributed by atoms with Crippen LogP contribution in [0.5, 0.6) is 0 Å². The average molecular weight is 286 g/mol. The minimum absolute atomic E-state index is 0. The summed E-state index contributed by atoms with van der Waals surface area (Å²) in [5, 5.41) is 0.881. The van der Waals surface area contributed by atoms with Crippen LogP contribution >= 0.6 is 11.6 Å². The van der Waals surface area contributed by atoms with Crippen LogP contribution in [0, 0.1) is 17.8 Å². The summed E-state index contributed by atoms with van der Waals surface area (Å²) in [6, 6.07) is 8.51. The lowest BCUT2D eigenvalue weighted by Gasteiger charge is -2.47. The SMILES string of the molecule is [Cl-].[NH3+]C[C@@H]1C2CCC(CC2)[C@@H]1c1cccc(Cl)c1. The molecule has 4 rings (SSSR count). The molecule has 3 aliphatic rings. The van der Waals surface area contributed by atoms with Crippen LogP contribution in [-0.4, -0.2) is 6.54 Å². The van der Waals surface area contributed by atoms with Crippen LogP contribution in [0.4, 0.5) is 0 Å². The fraction of sp³-hybridized carbons (Fsp3) is 0.600. The average Bonchev–Trinajstić information content (AvgIpc) is 2.39. The largest absolute Gasteiger partial charge is 1.00 e. The molecule has 0 spiro atoms. The standard InChI is InChI=1S/C15H20ClN.ClH/c16-13-3-1-2-12(8-13)15-11-6-4-10(5-7-11)14(15)9-17;/h1-3,8,10-11,14-15H,4-7,9,17H2;1H/t10?,11?,14-,15-;/m1./s1. The molecule has 0 saturated heterocycles. The van der Waals surface area contributed by atoms with Gasteiger partial charge < -0.3 is 18.1 Å². The molecule has 2 bridgehead atoms. The summed E-state index contributed by atoms with van der Waals surface area (Å²) >= 11 is 6.14. The van der Waals surface area contributed by atoms with Gasteiger partial charge >= 0.3 is 0 Å². The minimum Gasteiger partial charge on any atom is -1.00 e. The lowest BCUT2D eigenvalue weighted by Crippen LogP contribution is -3.00. The molecule has 0 aliphatic heterocycles. The fourth-order valence-electron chi connectivity index (χ4n) is 4.22. The van der Waals surface area contributed by atoms with Gasteiger partial charge in [0.2, 0.25) is 0 Å². The first-order valence-corrected chi connectivity index (χ1v) is 7.22. The summed E-state index contributed by atoms with van der Waals surface area (Å²) in [5.74, 6) is 3.31. The maximum Gasteiger partial charge on any atom is 0.0777 e. The monoisotopic (exact) mass is 285 g/mol. The third-order valence-corrected chi connectivity index (χ3v) is 5.19. The molecular weight excluding hydrogens is 265 g/mol. The Hall–Kier alpha value is -0.240. The molecule has 3 N–H and O–H groups in total. The second-order valence-corrected chi connectivity index (χ2v) is 6.14. The summed E-state index contributed by atoms with van der Waals surface area (Å²) in [7, 11) is 0. The van der Waals surface area contributed by atoms with E-state index in [2.05, 4.69) is 23.9 Å². The molecule has 1 aromatic rings. The summed E-state index contributed by atoms with van der Waals surface area (Å²) < 4.78 is 0. The molecule has 100 valence electrons. The molecule has 3 aliphatic carbocycles. The van der Waals surface area contributed by atoms with E-state index < -0.39 is 0 Å². The van der Waals surface area contributed by atoms with Gasteiger partial charge in [-0.1, -0.05) is 23.7 Å². The molecule has 0 aromatic heterocycles. The third kappa shape index (κ3) is 2.41. The summed E-state index contributed by atoms with van der Waals surface area (Å²) in [5.41, 5.74) is 5.65. The van der Waals surface area contributed by atoms with Gasteiger partial charge in [0.1, 0.15) is 0 Å². The molecule has 0 unspecified atom stereocenters. The smallest absolute Gasteiger partial charge is 0.0777 e. The second kappa shape index (κ2) is 5.81. The zero-order valence-electron chi connectivity index (χ0n) is 10.6. The van der Waals surface area contributed by atoms with Crippen molar-refractivity contribution >= 4 is 11.6 Å². The number of halogens is 2. The van der Waals surface area contributed by atoms with E-state index in [4.69, 9.17) is 11.6 Å². The van der Waals surface area contributed by atoms with Crippen LogP contribution in [0.15, 0.2) is 24.3 Å². The molecule has 3 saturated carbocycles. The Bertz CT molecular complexity index is 399. The number of hydrogen-bond donors (Lipinski definition) is 1. The van der Waals surface area contributed by atoms with Crippen molar-refractivity contribution in [3.05, 3.63) is 34.9 Å². The highest BCUT2D eigenvalue weighted by Gasteiger charge is 2.44. The lowest BCUT2D eigenvalue weighted by molar-refractivity contribution is -0.387. The molecule has 0 amide bonds. The molecule has 18 heavy (non-hydrogen) atoms. The maximum atomic E-state index is 6.14. The van der Waals surface area contributed by atoms with Crippen molar-refractivity contribution in [3.8, 4) is 0 Å².